The first kappa shape index (κ1) is 17.9. The Balaban J connectivity index is 3.43. The summed E-state index contributed by atoms with van der Waals surface area (Å²) in [6.45, 7) is 9.35. The molecule has 0 radical (unpaired) electrons. The number of allylic oxidation sites excluding steroid dienone is 2. The highest BCUT2D eigenvalue weighted by Crippen LogP contribution is 2.09. The molecule has 0 aromatic carbocycles. The lowest BCUT2D eigenvalue weighted by Crippen LogP contribution is -2.28. The lowest BCUT2D eigenvalue weighted by molar-refractivity contribution is -0.125. The number of nitrogens with zero attached hydrogens (tertiary/aromatic N) is 1. The molecule has 0 aromatic heterocycles. The van der Waals surface area contributed by atoms with Crippen molar-refractivity contribution in [3.8, 4) is 0 Å². The monoisotopic (exact) mass is 265 g/mol. The molecule has 2 nitrogen and oxygen atoms in total. The van der Waals surface area contributed by atoms with Gasteiger partial charge in [0.25, 0.3) is 0 Å². The molecule has 0 rings (SSSR count). The minimum absolute atomic E-state index is 0.148. The molecule has 0 aliphatic rings. The molecule has 0 saturated heterocycles. The van der Waals surface area contributed by atoms with E-state index in [0.717, 1.165) is 25.9 Å². The normalized spacial score (nSPS) is 10.8. The number of carbonyl (C=O) groups is 1. The molecule has 0 heterocycles. The summed E-state index contributed by atoms with van der Waals surface area (Å²) in [4.78, 5) is 13.5. The van der Waals surface area contributed by atoms with E-state index in [0.29, 0.717) is 0 Å². The van der Waals surface area contributed by atoms with E-state index in [4.69, 9.17) is 0 Å². The first-order valence-corrected chi connectivity index (χ1v) is 7.82. The summed E-state index contributed by atoms with van der Waals surface area (Å²) >= 11 is 0. The number of amides is 1. The van der Waals surface area contributed by atoms with E-state index in [-0.39, 0.29) is 5.91 Å². The van der Waals surface area contributed by atoms with Crippen molar-refractivity contribution in [2.45, 2.75) is 65.2 Å². The van der Waals surface area contributed by atoms with Gasteiger partial charge in [0.15, 0.2) is 0 Å². The molecule has 0 aromatic rings. The van der Waals surface area contributed by atoms with Crippen molar-refractivity contribution < 1.29 is 4.79 Å². The number of hydrogen-bond donors (Lipinski definition) is 0. The maximum Gasteiger partial charge on any atom is 0.246 e. The number of rotatable bonds is 12. The van der Waals surface area contributed by atoms with Crippen molar-refractivity contribution in [2.24, 2.45) is 0 Å². The summed E-state index contributed by atoms with van der Waals surface area (Å²) in [5, 5.41) is 0. The van der Waals surface area contributed by atoms with Crippen LogP contribution in [0.2, 0.25) is 0 Å². The first-order chi connectivity index (χ1) is 9.26. The maximum absolute atomic E-state index is 11.7. The molecule has 0 fully saturated rings. The Morgan fingerprint density at radius 1 is 0.947 bits per heavy atom. The summed E-state index contributed by atoms with van der Waals surface area (Å²) in [6.07, 6.45) is 15.7. The van der Waals surface area contributed by atoms with Crippen LogP contribution >= 0.6 is 0 Å². The molecule has 0 atom stereocenters. The lowest BCUT2D eigenvalue weighted by atomic mass is 10.1. The molecule has 0 aliphatic heterocycles. The highest BCUT2D eigenvalue weighted by molar-refractivity contribution is 5.87. The van der Waals surface area contributed by atoms with Crippen molar-refractivity contribution in [1.29, 1.82) is 0 Å². The Morgan fingerprint density at radius 3 is 2.00 bits per heavy atom. The summed E-state index contributed by atoms with van der Waals surface area (Å²) in [5.41, 5.74) is 0. The van der Waals surface area contributed by atoms with Crippen LogP contribution < -0.4 is 0 Å². The van der Waals surface area contributed by atoms with Gasteiger partial charge in [0.05, 0.1) is 0 Å². The molecule has 0 bridgehead atoms. The van der Waals surface area contributed by atoms with E-state index in [1.54, 1.807) is 6.08 Å². The summed E-state index contributed by atoms with van der Waals surface area (Å²) < 4.78 is 0. The average Bonchev–Trinajstić information content (AvgIpc) is 2.42. The van der Waals surface area contributed by atoms with E-state index in [1.807, 2.05) is 30.9 Å². The van der Waals surface area contributed by atoms with E-state index in [2.05, 4.69) is 6.58 Å². The van der Waals surface area contributed by atoms with Crippen molar-refractivity contribution in [3.63, 3.8) is 0 Å². The zero-order valence-corrected chi connectivity index (χ0v) is 12.9. The van der Waals surface area contributed by atoms with Gasteiger partial charge in [0, 0.05) is 13.1 Å². The Morgan fingerprint density at radius 2 is 1.47 bits per heavy atom. The summed E-state index contributed by atoms with van der Waals surface area (Å²) in [6, 6.07) is 0. The number of carbonyl (C=O) groups excluding carboxylic acids is 1. The Labute approximate surface area is 119 Å². The minimum atomic E-state index is 0.148. The topological polar surface area (TPSA) is 20.3 Å². The van der Waals surface area contributed by atoms with Crippen LogP contribution in [0.5, 0.6) is 0 Å². The molecule has 110 valence electrons. The van der Waals surface area contributed by atoms with Gasteiger partial charge in [0.1, 0.15) is 0 Å². The van der Waals surface area contributed by atoms with Crippen molar-refractivity contribution in [3.05, 3.63) is 24.8 Å². The number of hydrogen-bond acceptors (Lipinski definition) is 1. The van der Waals surface area contributed by atoms with Gasteiger partial charge in [-0.15, -0.1) is 6.58 Å². The zero-order valence-electron chi connectivity index (χ0n) is 12.9. The van der Waals surface area contributed by atoms with Crippen LogP contribution in [0.3, 0.4) is 0 Å². The highest BCUT2D eigenvalue weighted by atomic mass is 16.2. The zero-order chi connectivity index (χ0) is 14.3. The van der Waals surface area contributed by atoms with E-state index in [1.165, 1.54) is 38.5 Å². The third-order valence-electron chi connectivity index (χ3n) is 3.36. The molecule has 19 heavy (non-hydrogen) atoms. The molecular formula is C17H31NO. The van der Waals surface area contributed by atoms with Crippen LogP contribution in [0.15, 0.2) is 24.8 Å². The maximum atomic E-state index is 11.7. The molecular weight excluding hydrogens is 234 g/mol. The van der Waals surface area contributed by atoms with Crippen molar-refractivity contribution >= 4 is 5.91 Å². The Bertz CT molecular complexity index is 254. The fourth-order valence-electron chi connectivity index (χ4n) is 2.08. The van der Waals surface area contributed by atoms with Gasteiger partial charge in [0.2, 0.25) is 5.91 Å². The van der Waals surface area contributed by atoms with Gasteiger partial charge in [-0.05, 0) is 45.6 Å². The predicted molar refractivity (Wildman–Crippen MR) is 84.2 cm³/mol. The van der Waals surface area contributed by atoms with Gasteiger partial charge in [-0.2, -0.15) is 0 Å². The minimum Gasteiger partial charge on any atom is -0.340 e. The van der Waals surface area contributed by atoms with Crippen LogP contribution in [0.1, 0.15) is 65.2 Å². The standard InChI is InChI=1S/C17H31NO/c1-4-7-8-9-10-11-12-13-14-15-16-17(19)18(5-2)6-3/h4,15-16H,1,5-14H2,2-3H3/b16-15+. The van der Waals surface area contributed by atoms with Crippen LogP contribution in [0.4, 0.5) is 0 Å². The Hall–Kier alpha value is -1.05. The van der Waals surface area contributed by atoms with Crippen LogP contribution in [-0.4, -0.2) is 23.9 Å². The second-order valence-electron chi connectivity index (χ2n) is 4.90. The largest absolute Gasteiger partial charge is 0.340 e. The van der Waals surface area contributed by atoms with E-state index in [9.17, 15) is 4.79 Å². The molecule has 0 unspecified atom stereocenters. The van der Waals surface area contributed by atoms with Crippen LogP contribution in [0.25, 0.3) is 0 Å². The fraction of sp³-hybridized carbons (Fsp3) is 0.706. The Kier molecular flexibility index (Phi) is 12.6. The average molecular weight is 265 g/mol. The van der Waals surface area contributed by atoms with Crippen LogP contribution in [-0.2, 0) is 4.79 Å². The molecule has 0 spiro atoms. The molecule has 1 amide bonds. The van der Waals surface area contributed by atoms with Gasteiger partial charge >= 0.3 is 0 Å². The molecule has 0 saturated carbocycles. The van der Waals surface area contributed by atoms with E-state index >= 15 is 0 Å². The van der Waals surface area contributed by atoms with Gasteiger partial charge in [-0.3, -0.25) is 4.79 Å². The summed E-state index contributed by atoms with van der Waals surface area (Å²) in [5.74, 6) is 0.148. The van der Waals surface area contributed by atoms with Crippen LogP contribution in [0, 0.1) is 0 Å². The number of unbranched alkanes of at least 4 members (excludes halogenated alkanes) is 7. The summed E-state index contributed by atoms with van der Waals surface area (Å²) in [7, 11) is 0. The second-order valence-corrected chi connectivity index (χ2v) is 4.90. The van der Waals surface area contributed by atoms with E-state index < -0.39 is 0 Å². The fourth-order valence-corrected chi connectivity index (χ4v) is 2.08. The number of likely N-dealkylation sites (N-methyl/N-ethyl adjacent to an activating group) is 1. The quantitative estimate of drug-likeness (QED) is 0.284. The van der Waals surface area contributed by atoms with Gasteiger partial charge < -0.3 is 4.90 Å². The predicted octanol–water partition coefficient (Wildman–Crippen LogP) is 4.72. The van der Waals surface area contributed by atoms with Gasteiger partial charge in [-0.25, -0.2) is 0 Å². The lowest BCUT2D eigenvalue weighted by Gasteiger charge is -2.15. The smallest absolute Gasteiger partial charge is 0.246 e. The van der Waals surface area contributed by atoms with Gasteiger partial charge in [-0.1, -0.05) is 37.8 Å². The van der Waals surface area contributed by atoms with Crippen molar-refractivity contribution in [2.75, 3.05) is 13.1 Å². The highest BCUT2D eigenvalue weighted by Gasteiger charge is 2.03. The van der Waals surface area contributed by atoms with Crippen molar-refractivity contribution in [1.82, 2.24) is 4.90 Å². The SMILES string of the molecule is C=CCCCCCCCC/C=C/C(=O)N(CC)CC. The first-order valence-electron chi connectivity index (χ1n) is 7.82. The third-order valence-corrected chi connectivity index (χ3v) is 3.36. The molecule has 0 aliphatic carbocycles. The molecule has 2 heteroatoms. The third kappa shape index (κ3) is 10.5. The molecule has 0 N–H and O–H groups in total. The second kappa shape index (κ2) is 13.4.